The molecule has 1 aliphatic heterocycles. The molecule has 0 bridgehead atoms. The van der Waals surface area contributed by atoms with Crippen molar-refractivity contribution in [1.29, 1.82) is 0 Å². The number of aromatic nitrogens is 4. The third-order valence-corrected chi connectivity index (χ3v) is 6.45. The van der Waals surface area contributed by atoms with Gasteiger partial charge in [0.25, 0.3) is 5.91 Å². The fourth-order valence-corrected chi connectivity index (χ4v) is 4.60. The molecule has 2 aromatic heterocycles. The summed E-state index contributed by atoms with van der Waals surface area (Å²) in [6.07, 6.45) is 4.15. The normalized spacial score (nSPS) is 15.1. The number of likely N-dealkylation sites (tertiary alicyclic amines) is 1. The summed E-state index contributed by atoms with van der Waals surface area (Å²) in [4.78, 5) is 20.1. The molecular formula is C26H28N6O. The summed E-state index contributed by atoms with van der Waals surface area (Å²) in [5.74, 6) is -0.205. The van der Waals surface area contributed by atoms with Gasteiger partial charge >= 0.3 is 0 Å². The lowest BCUT2D eigenvalue weighted by molar-refractivity contribution is 0.0932. The maximum absolute atomic E-state index is 13.1. The highest BCUT2D eigenvalue weighted by molar-refractivity contribution is 5.93. The minimum atomic E-state index is -0.205. The highest BCUT2D eigenvalue weighted by atomic mass is 16.2. The summed E-state index contributed by atoms with van der Waals surface area (Å²) in [6, 6.07) is 18.6. The molecule has 1 fully saturated rings. The molecule has 1 atom stereocenters. The SMILES string of the molecule is Cc1ccc(C(CNC(=O)c2nnn(-c3cccc4cccnc34)c2C)N2CCCC2)cc1. The first-order valence-electron chi connectivity index (χ1n) is 11.5. The Morgan fingerprint density at radius 3 is 2.58 bits per heavy atom. The van der Waals surface area contributed by atoms with Crippen molar-refractivity contribution in [2.75, 3.05) is 19.6 Å². The van der Waals surface area contributed by atoms with E-state index >= 15 is 0 Å². The number of fused-ring (bicyclic) bond motifs is 1. The maximum atomic E-state index is 13.1. The van der Waals surface area contributed by atoms with Gasteiger partial charge in [-0.1, -0.05) is 53.2 Å². The van der Waals surface area contributed by atoms with Crippen LogP contribution in [0.4, 0.5) is 0 Å². The Bertz CT molecular complexity index is 1270. The molecule has 1 saturated heterocycles. The number of benzene rings is 2. The summed E-state index contributed by atoms with van der Waals surface area (Å²) in [6.45, 7) is 6.60. The van der Waals surface area contributed by atoms with Crippen LogP contribution < -0.4 is 5.32 Å². The molecule has 0 spiro atoms. The van der Waals surface area contributed by atoms with Gasteiger partial charge in [-0.2, -0.15) is 0 Å². The van der Waals surface area contributed by atoms with E-state index in [1.54, 1.807) is 10.9 Å². The van der Waals surface area contributed by atoms with Crippen LogP contribution in [-0.4, -0.2) is 50.4 Å². The zero-order valence-electron chi connectivity index (χ0n) is 19.0. The van der Waals surface area contributed by atoms with Gasteiger partial charge < -0.3 is 5.32 Å². The Hall–Kier alpha value is -3.58. The standard InChI is InChI=1S/C26H28N6O/c1-18-10-12-20(13-11-18)23(31-15-3-4-16-31)17-28-26(33)24-19(2)32(30-29-24)22-9-5-7-21-8-6-14-27-25(21)22/h5-14,23H,3-4,15-17H2,1-2H3,(H,28,33). The predicted octanol–water partition coefficient (Wildman–Crippen LogP) is 4.00. The second kappa shape index (κ2) is 9.11. The lowest BCUT2D eigenvalue weighted by atomic mass is 10.0. The van der Waals surface area contributed by atoms with E-state index in [0.717, 1.165) is 29.7 Å². The van der Waals surface area contributed by atoms with Crippen LogP contribution in [0.3, 0.4) is 0 Å². The van der Waals surface area contributed by atoms with Crippen molar-refractivity contribution in [2.45, 2.75) is 32.7 Å². The maximum Gasteiger partial charge on any atom is 0.273 e. The van der Waals surface area contributed by atoms with E-state index in [4.69, 9.17) is 0 Å². The highest BCUT2D eigenvalue weighted by Gasteiger charge is 2.25. The van der Waals surface area contributed by atoms with Gasteiger partial charge in [0.2, 0.25) is 0 Å². The molecule has 1 amide bonds. The van der Waals surface area contributed by atoms with Crippen molar-refractivity contribution >= 4 is 16.8 Å². The van der Waals surface area contributed by atoms with Gasteiger partial charge in [0.15, 0.2) is 5.69 Å². The van der Waals surface area contributed by atoms with E-state index in [9.17, 15) is 4.79 Å². The van der Waals surface area contributed by atoms with E-state index in [2.05, 4.69) is 56.7 Å². The molecular weight excluding hydrogens is 412 g/mol. The Morgan fingerprint density at radius 1 is 1.03 bits per heavy atom. The quantitative estimate of drug-likeness (QED) is 0.490. The first-order chi connectivity index (χ1) is 16.1. The first-order valence-corrected chi connectivity index (χ1v) is 11.5. The van der Waals surface area contributed by atoms with E-state index in [1.165, 1.54) is 24.0 Å². The number of carbonyl (C=O) groups is 1. The third kappa shape index (κ3) is 4.24. The minimum absolute atomic E-state index is 0.148. The molecule has 0 saturated carbocycles. The van der Waals surface area contributed by atoms with Crippen LogP contribution in [0, 0.1) is 13.8 Å². The number of carbonyl (C=O) groups excluding carboxylic acids is 1. The van der Waals surface area contributed by atoms with E-state index in [1.807, 2.05) is 37.3 Å². The summed E-state index contributed by atoms with van der Waals surface area (Å²) in [7, 11) is 0. The van der Waals surface area contributed by atoms with E-state index < -0.39 is 0 Å². The molecule has 7 heteroatoms. The molecule has 5 rings (SSSR count). The Kier molecular flexibility index (Phi) is 5.88. The fraction of sp³-hybridized carbons (Fsp3) is 0.308. The molecule has 1 N–H and O–H groups in total. The average Bonchev–Trinajstić information content (AvgIpc) is 3.50. The fourth-order valence-electron chi connectivity index (χ4n) is 4.60. The lowest BCUT2D eigenvalue weighted by Gasteiger charge is -2.28. The van der Waals surface area contributed by atoms with E-state index in [0.29, 0.717) is 17.9 Å². The molecule has 2 aromatic carbocycles. The number of amides is 1. The zero-order valence-corrected chi connectivity index (χ0v) is 19.0. The topological polar surface area (TPSA) is 75.9 Å². The zero-order chi connectivity index (χ0) is 22.8. The first kappa shape index (κ1) is 21.3. The molecule has 7 nitrogen and oxygen atoms in total. The average molecular weight is 441 g/mol. The van der Waals surface area contributed by atoms with Crippen molar-refractivity contribution in [3.63, 3.8) is 0 Å². The molecule has 33 heavy (non-hydrogen) atoms. The number of para-hydroxylation sites is 1. The second-order valence-electron chi connectivity index (χ2n) is 8.67. The Labute approximate surface area is 193 Å². The van der Waals surface area contributed by atoms with Gasteiger partial charge in [-0.15, -0.1) is 5.10 Å². The molecule has 4 aromatic rings. The Morgan fingerprint density at radius 2 is 1.79 bits per heavy atom. The van der Waals surface area contributed by atoms with Gasteiger partial charge in [0, 0.05) is 18.1 Å². The van der Waals surface area contributed by atoms with Gasteiger partial charge in [-0.25, -0.2) is 4.68 Å². The number of hydrogen-bond acceptors (Lipinski definition) is 5. The number of nitrogens with one attached hydrogen (secondary N) is 1. The summed E-state index contributed by atoms with van der Waals surface area (Å²) in [5, 5.41) is 12.6. The summed E-state index contributed by atoms with van der Waals surface area (Å²) < 4.78 is 1.70. The third-order valence-electron chi connectivity index (χ3n) is 6.45. The number of pyridine rings is 1. The van der Waals surface area contributed by atoms with Crippen LogP contribution in [0.2, 0.25) is 0 Å². The van der Waals surface area contributed by atoms with Crippen molar-refractivity contribution in [3.05, 3.63) is 83.3 Å². The van der Waals surface area contributed by atoms with Gasteiger partial charge in [-0.3, -0.25) is 14.7 Å². The van der Waals surface area contributed by atoms with Crippen LogP contribution in [0.1, 0.15) is 46.2 Å². The molecule has 1 aliphatic rings. The van der Waals surface area contributed by atoms with Crippen LogP contribution in [0.15, 0.2) is 60.8 Å². The summed E-state index contributed by atoms with van der Waals surface area (Å²) >= 11 is 0. The molecule has 3 heterocycles. The largest absolute Gasteiger partial charge is 0.349 e. The number of nitrogens with zero attached hydrogens (tertiary/aromatic N) is 5. The van der Waals surface area contributed by atoms with Crippen LogP contribution in [0.5, 0.6) is 0 Å². The van der Waals surface area contributed by atoms with Gasteiger partial charge in [-0.05, 0) is 57.5 Å². The molecule has 0 radical (unpaired) electrons. The van der Waals surface area contributed by atoms with Crippen LogP contribution >= 0.6 is 0 Å². The van der Waals surface area contributed by atoms with E-state index in [-0.39, 0.29) is 11.9 Å². The van der Waals surface area contributed by atoms with Crippen molar-refractivity contribution in [3.8, 4) is 5.69 Å². The van der Waals surface area contributed by atoms with Crippen LogP contribution in [-0.2, 0) is 0 Å². The lowest BCUT2D eigenvalue weighted by Crippen LogP contribution is -2.37. The summed E-state index contributed by atoms with van der Waals surface area (Å²) in [5.41, 5.74) is 5.13. The number of aryl methyl sites for hydroxylation is 1. The highest BCUT2D eigenvalue weighted by Crippen LogP contribution is 2.25. The second-order valence-corrected chi connectivity index (χ2v) is 8.67. The smallest absolute Gasteiger partial charge is 0.273 e. The monoisotopic (exact) mass is 440 g/mol. The van der Waals surface area contributed by atoms with Crippen molar-refractivity contribution < 1.29 is 4.79 Å². The molecule has 1 unspecified atom stereocenters. The van der Waals surface area contributed by atoms with Crippen LogP contribution in [0.25, 0.3) is 16.6 Å². The van der Waals surface area contributed by atoms with Crippen molar-refractivity contribution in [2.24, 2.45) is 0 Å². The molecule has 168 valence electrons. The minimum Gasteiger partial charge on any atom is -0.349 e. The number of rotatable bonds is 6. The number of hydrogen-bond donors (Lipinski definition) is 1. The van der Waals surface area contributed by atoms with Crippen molar-refractivity contribution in [1.82, 2.24) is 30.2 Å². The molecule has 0 aliphatic carbocycles. The Balaban J connectivity index is 1.37. The van der Waals surface area contributed by atoms with Gasteiger partial charge in [0.05, 0.1) is 22.9 Å². The predicted molar refractivity (Wildman–Crippen MR) is 128 cm³/mol. The van der Waals surface area contributed by atoms with Gasteiger partial charge in [0.1, 0.15) is 0 Å².